The zero-order valence-corrected chi connectivity index (χ0v) is 8.58. The summed E-state index contributed by atoms with van der Waals surface area (Å²) in [7, 11) is 1.23. The molecule has 0 atom stereocenters. The predicted molar refractivity (Wildman–Crippen MR) is 53.8 cm³/mol. The van der Waals surface area contributed by atoms with E-state index in [2.05, 4.69) is 15.4 Å². The van der Waals surface area contributed by atoms with E-state index in [9.17, 15) is 9.59 Å². The van der Waals surface area contributed by atoms with Crippen molar-refractivity contribution in [1.82, 2.24) is 10.6 Å². The molecule has 1 aliphatic carbocycles. The third kappa shape index (κ3) is 3.59. The van der Waals surface area contributed by atoms with Gasteiger partial charge < -0.3 is 21.1 Å². The largest absolute Gasteiger partial charge is 0.453 e. The molecule has 6 nitrogen and oxygen atoms in total. The summed E-state index contributed by atoms with van der Waals surface area (Å²) >= 11 is 0. The van der Waals surface area contributed by atoms with Crippen LogP contribution in [0.3, 0.4) is 0 Å². The molecule has 0 aromatic heterocycles. The summed E-state index contributed by atoms with van der Waals surface area (Å²) in [6.07, 6.45) is 4.40. The highest BCUT2D eigenvalue weighted by Crippen LogP contribution is 2.16. The Labute approximate surface area is 87.8 Å². The van der Waals surface area contributed by atoms with Gasteiger partial charge in [-0.2, -0.15) is 0 Å². The Morgan fingerprint density at radius 3 is 2.60 bits per heavy atom. The minimum absolute atomic E-state index is 0.133. The third-order valence-electron chi connectivity index (χ3n) is 2.10. The van der Waals surface area contributed by atoms with Gasteiger partial charge in [-0.25, -0.2) is 4.79 Å². The maximum atomic E-state index is 11.3. The molecule has 0 saturated carbocycles. The second kappa shape index (κ2) is 4.79. The molecule has 15 heavy (non-hydrogen) atoms. The number of nitrogens with one attached hydrogen (secondary N) is 2. The van der Waals surface area contributed by atoms with Crippen LogP contribution in [0.4, 0.5) is 4.79 Å². The average molecular weight is 213 g/mol. The van der Waals surface area contributed by atoms with Crippen molar-refractivity contribution in [3.8, 4) is 0 Å². The highest BCUT2D eigenvalue weighted by molar-refractivity contribution is 5.82. The second-order valence-electron chi connectivity index (χ2n) is 3.43. The van der Waals surface area contributed by atoms with Gasteiger partial charge in [0.05, 0.1) is 12.8 Å². The number of alkyl carbamates (subject to hydrolysis) is 1. The molecule has 0 spiro atoms. The number of rotatable bonds is 3. The molecule has 84 valence electrons. The quantitative estimate of drug-likeness (QED) is 0.433. The number of amides is 2. The van der Waals surface area contributed by atoms with Crippen molar-refractivity contribution < 1.29 is 14.3 Å². The molecule has 0 heterocycles. The zero-order valence-electron chi connectivity index (χ0n) is 8.58. The second-order valence-corrected chi connectivity index (χ2v) is 3.43. The van der Waals surface area contributed by atoms with E-state index in [-0.39, 0.29) is 12.5 Å². The number of ether oxygens (including phenoxy) is 1. The van der Waals surface area contributed by atoms with Gasteiger partial charge in [-0.3, -0.25) is 4.79 Å². The third-order valence-corrected chi connectivity index (χ3v) is 2.10. The number of methoxy groups -OCH3 is 1. The van der Waals surface area contributed by atoms with Crippen LogP contribution < -0.4 is 16.4 Å². The molecule has 1 rings (SSSR count). The van der Waals surface area contributed by atoms with E-state index in [1.165, 1.54) is 7.11 Å². The molecule has 4 N–H and O–H groups in total. The van der Waals surface area contributed by atoms with Crippen LogP contribution in [0.2, 0.25) is 0 Å². The Kier molecular flexibility index (Phi) is 3.68. The highest BCUT2D eigenvalue weighted by Gasteiger charge is 2.27. The van der Waals surface area contributed by atoms with Crippen LogP contribution in [0.15, 0.2) is 12.2 Å². The minimum atomic E-state index is -0.700. The lowest BCUT2D eigenvalue weighted by molar-refractivity contribution is -0.121. The molecule has 6 heteroatoms. The van der Waals surface area contributed by atoms with E-state index >= 15 is 0 Å². The average Bonchev–Trinajstić information content (AvgIpc) is 2.61. The minimum Gasteiger partial charge on any atom is -0.453 e. The standard InChI is InChI=1S/C9H15N3O3/c1-15-8(14)11-6-7(13)12-9(10)4-2-3-5-9/h2-3H,4-6,10H2,1H3,(H,11,14)(H,12,13). The molecular weight excluding hydrogens is 198 g/mol. The van der Waals surface area contributed by atoms with Gasteiger partial charge >= 0.3 is 6.09 Å². The molecule has 0 saturated heterocycles. The molecule has 2 amide bonds. The van der Waals surface area contributed by atoms with E-state index in [1.807, 2.05) is 12.2 Å². The van der Waals surface area contributed by atoms with Crippen LogP contribution in [-0.4, -0.2) is 31.3 Å². The van der Waals surface area contributed by atoms with Gasteiger partial charge in [0.15, 0.2) is 0 Å². The van der Waals surface area contributed by atoms with Crippen molar-refractivity contribution >= 4 is 12.0 Å². The first-order valence-electron chi connectivity index (χ1n) is 4.62. The van der Waals surface area contributed by atoms with Crippen LogP contribution in [-0.2, 0) is 9.53 Å². The first kappa shape index (κ1) is 11.5. The molecular formula is C9H15N3O3. The normalized spacial score (nSPS) is 17.2. The summed E-state index contributed by atoms with van der Waals surface area (Å²) in [4.78, 5) is 22.0. The first-order valence-corrected chi connectivity index (χ1v) is 4.62. The lowest BCUT2D eigenvalue weighted by atomic mass is 10.1. The van der Waals surface area contributed by atoms with E-state index in [0.717, 1.165) is 0 Å². The number of hydrogen-bond donors (Lipinski definition) is 3. The van der Waals surface area contributed by atoms with Gasteiger partial charge in [-0.1, -0.05) is 12.2 Å². The number of hydrogen-bond acceptors (Lipinski definition) is 4. The van der Waals surface area contributed by atoms with Gasteiger partial charge in [0.25, 0.3) is 0 Å². The number of carbonyl (C=O) groups is 2. The zero-order chi connectivity index (χ0) is 11.3. The molecule has 0 aromatic rings. The van der Waals surface area contributed by atoms with Crippen LogP contribution >= 0.6 is 0 Å². The smallest absolute Gasteiger partial charge is 0.407 e. The van der Waals surface area contributed by atoms with Crippen LogP contribution in [0.1, 0.15) is 12.8 Å². The fraction of sp³-hybridized carbons (Fsp3) is 0.556. The van der Waals surface area contributed by atoms with Crippen molar-refractivity contribution in [2.75, 3.05) is 13.7 Å². The highest BCUT2D eigenvalue weighted by atomic mass is 16.5. The lowest BCUT2D eigenvalue weighted by Crippen LogP contribution is -2.56. The van der Waals surface area contributed by atoms with Gasteiger partial charge in [-0.05, 0) is 0 Å². The lowest BCUT2D eigenvalue weighted by Gasteiger charge is -2.25. The summed E-state index contributed by atoms with van der Waals surface area (Å²) in [5.41, 5.74) is 5.16. The van der Waals surface area contributed by atoms with Gasteiger partial charge in [0, 0.05) is 12.8 Å². The summed E-state index contributed by atoms with van der Waals surface area (Å²) in [6.45, 7) is -0.133. The monoisotopic (exact) mass is 213 g/mol. The predicted octanol–water partition coefficient (Wildman–Crippen LogP) is -0.536. The topological polar surface area (TPSA) is 93.4 Å². The van der Waals surface area contributed by atoms with Gasteiger partial charge in [0.2, 0.25) is 5.91 Å². The summed E-state index contributed by atoms with van der Waals surface area (Å²) in [5.74, 6) is -0.327. The van der Waals surface area contributed by atoms with Crippen molar-refractivity contribution in [2.24, 2.45) is 5.73 Å². The maximum absolute atomic E-state index is 11.3. The van der Waals surface area contributed by atoms with E-state index in [4.69, 9.17) is 5.73 Å². The van der Waals surface area contributed by atoms with Crippen molar-refractivity contribution in [3.63, 3.8) is 0 Å². The number of nitrogens with two attached hydrogens (primary N) is 1. The van der Waals surface area contributed by atoms with Crippen molar-refractivity contribution in [2.45, 2.75) is 18.5 Å². The van der Waals surface area contributed by atoms with E-state index in [0.29, 0.717) is 12.8 Å². The molecule has 0 fully saturated rings. The fourth-order valence-electron chi connectivity index (χ4n) is 1.32. The Morgan fingerprint density at radius 1 is 1.47 bits per heavy atom. The Balaban J connectivity index is 2.27. The SMILES string of the molecule is COC(=O)NCC(=O)NC1(N)CC=CC1. The van der Waals surface area contributed by atoms with Gasteiger partial charge in [0.1, 0.15) is 6.54 Å². The Hall–Kier alpha value is -1.56. The van der Waals surface area contributed by atoms with Crippen LogP contribution in [0.25, 0.3) is 0 Å². The molecule has 0 aromatic carbocycles. The fourth-order valence-corrected chi connectivity index (χ4v) is 1.32. The molecule has 0 aliphatic heterocycles. The van der Waals surface area contributed by atoms with Crippen molar-refractivity contribution in [3.05, 3.63) is 12.2 Å². The molecule has 0 radical (unpaired) electrons. The summed E-state index contributed by atoms with van der Waals surface area (Å²) in [6, 6.07) is 0. The van der Waals surface area contributed by atoms with E-state index < -0.39 is 11.8 Å². The van der Waals surface area contributed by atoms with Crippen LogP contribution in [0, 0.1) is 0 Å². The number of carbonyl (C=O) groups excluding carboxylic acids is 2. The summed E-state index contributed by atoms with van der Waals surface area (Å²) in [5, 5.41) is 4.91. The Bertz CT molecular complexity index is 280. The van der Waals surface area contributed by atoms with Crippen molar-refractivity contribution in [1.29, 1.82) is 0 Å². The summed E-state index contributed by atoms with van der Waals surface area (Å²) < 4.78 is 4.32. The van der Waals surface area contributed by atoms with Gasteiger partial charge in [-0.15, -0.1) is 0 Å². The molecule has 0 bridgehead atoms. The van der Waals surface area contributed by atoms with E-state index in [1.54, 1.807) is 0 Å². The first-order chi connectivity index (χ1) is 7.06. The maximum Gasteiger partial charge on any atom is 0.407 e. The van der Waals surface area contributed by atoms with Crippen LogP contribution in [0.5, 0.6) is 0 Å². The molecule has 1 aliphatic rings. The molecule has 0 unspecified atom stereocenters. The Morgan fingerprint density at radius 2 is 2.07 bits per heavy atom.